The van der Waals surface area contributed by atoms with E-state index in [1.54, 1.807) is 43.3 Å². The molecule has 0 saturated carbocycles. The van der Waals surface area contributed by atoms with Crippen molar-refractivity contribution in [2.24, 2.45) is 0 Å². The molecule has 0 saturated heterocycles. The number of halogens is 2. The third-order valence-corrected chi connectivity index (χ3v) is 3.50. The Morgan fingerprint density at radius 3 is 2.54 bits per heavy atom. The lowest BCUT2D eigenvalue weighted by Gasteiger charge is -2.14. The summed E-state index contributed by atoms with van der Waals surface area (Å²) in [6, 6.07) is 13.5. The summed E-state index contributed by atoms with van der Waals surface area (Å²) in [5.41, 5.74) is 0.346. The number of hydrogen-bond donors (Lipinski definition) is 1. The lowest BCUT2D eigenvalue weighted by Crippen LogP contribution is -2.29. The molecule has 0 aliphatic rings. The molecule has 24 heavy (non-hydrogen) atoms. The van der Waals surface area contributed by atoms with E-state index in [2.05, 4.69) is 5.32 Å². The van der Waals surface area contributed by atoms with Crippen molar-refractivity contribution in [1.82, 2.24) is 0 Å². The van der Waals surface area contributed by atoms with Gasteiger partial charge in [-0.15, -0.1) is 0 Å². The minimum atomic E-state index is -0.838. The van der Waals surface area contributed by atoms with Crippen LogP contribution in [-0.4, -0.2) is 24.6 Å². The van der Waals surface area contributed by atoms with Gasteiger partial charge in [0.15, 0.2) is 12.7 Å². The number of para-hydroxylation sites is 1. The van der Waals surface area contributed by atoms with Crippen molar-refractivity contribution in [3.63, 3.8) is 0 Å². The van der Waals surface area contributed by atoms with E-state index in [9.17, 15) is 9.59 Å². The van der Waals surface area contributed by atoms with Gasteiger partial charge in [-0.2, -0.15) is 0 Å². The predicted molar refractivity (Wildman–Crippen MR) is 92.6 cm³/mol. The summed E-state index contributed by atoms with van der Waals surface area (Å²) < 4.78 is 10.3. The van der Waals surface area contributed by atoms with Gasteiger partial charge < -0.3 is 14.8 Å². The van der Waals surface area contributed by atoms with Crippen LogP contribution in [0.5, 0.6) is 5.75 Å². The average molecular weight is 368 g/mol. The van der Waals surface area contributed by atoms with Gasteiger partial charge in [0, 0.05) is 5.02 Å². The summed E-state index contributed by atoms with van der Waals surface area (Å²) in [6.07, 6.45) is -0.838. The molecule has 1 N–H and O–H groups in total. The highest BCUT2D eigenvalue weighted by Crippen LogP contribution is 2.25. The van der Waals surface area contributed by atoms with E-state index in [0.29, 0.717) is 21.5 Å². The Labute approximate surface area is 149 Å². The van der Waals surface area contributed by atoms with Crippen molar-refractivity contribution in [3.8, 4) is 5.75 Å². The number of amides is 1. The van der Waals surface area contributed by atoms with Crippen LogP contribution in [0.25, 0.3) is 0 Å². The molecule has 0 heterocycles. The molecule has 7 heteroatoms. The molecule has 0 spiro atoms. The summed E-state index contributed by atoms with van der Waals surface area (Å²) >= 11 is 11.8. The van der Waals surface area contributed by atoms with E-state index in [1.165, 1.54) is 6.07 Å². The summed E-state index contributed by atoms with van der Waals surface area (Å²) in [5.74, 6) is -0.636. The van der Waals surface area contributed by atoms with Gasteiger partial charge in [0.2, 0.25) is 0 Å². The fraction of sp³-hybridized carbons (Fsp3) is 0.176. The Hall–Kier alpha value is -2.24. The SMILES string of the molecule is C[C@@H](Oc1ccccc1)C(=O)OCC(=O)Nc1cc(Cl)ccc1Cl. The first kappa shape index (κ1) is 18.1. The molecule has 0 bridgehead atoms. The molecule has 2 aromatic carbocycles. The number of anilines is 1. The highest BCUT2D eigenvalue weighted by atomic mass is 35.5. The van der Waals surface area contributed by atoms with Crippen molar-refractivity contribution in [2.75, 3.05) is 11.9 Å². The van der Waals surface area contributed by atoms with Gasteiger partial charge in [-0.3, -0.25) is 4.79 Å². The van der Waals surface area contributed by atoms with Crippen LogP contribution < -0.4 is 10.1 Å². The zero-order valence-electron chi connectivity index (χ0n) is 12.8. The highest BCUT2D eigenvalue weighted by Gasteiger charge is 2.18. The maximum atomic E-state index is 11.9. The van der Waals surface area contributed by atoms with Crippen molar-refractivity contribution < 1.29 is 19.1 Å². The molecular formula is C17H15Cl2NO4. The maximum absolute atomic E-state index is 11.9. The van der Waals surface area contributed by atoms with Gasteiger partial charge in [-0.05, 0) is 37.3 Å². The fourth-order valence-electron chi connectivity index (χ4n) is 1.78. The number of ether oxygens (including phenoxy) is 2. The van der Waals surface area contributed by atoms with Crippen LogP contribution >= 0.6 is 23.2 Å². The summed E-state index contributed by atoms with van der Waals surface area (Å²) in [4.78, 5) is 23.7. The molecule has 2 rings (SSSR count). The number of carbonyl (C=O) groups is 2. The first-order chi connectivity index (χ1) is 11.5. The zero-order chi connectivity index (χ0) is 17.5. The summed E-state index contributed by atoms with van der Waals surface area (Å²) in [5, 5.41) is 3.28. The smallest absolute Gasteiger partial charge is 0.347 e. The molecular weight excluding hydrogens is 353 g/mol. The van der Waals surface area contributed by atoms with Crippen LogP contribution in [0.4, 0.5) is 5.69 Å². The van der Waals surface area contributed by atoms with E-state index < -0.39 is 24.6 Å². The van der Waals surface area contributed by atoms with E-state index in [0.717, 1.165) is 0 Å². The van der Waals surface area contributed by atoms with E-state index in [-0.39, 0.29) is 0 Å². The van der Waals surface area contributed by atoms with Crippen LogP contribution in [0.2, 0.25) is 10.0 Å². The number of rotatable bonds is 6. The number of hydrogen-bond acceptors (Lipinski definition) is 4. The molecule has 1 atom stereocenters. The van der Waals surface area contributed by atoms with Crippen LogP contribution in [0.3, 0.4) is 0 Å². The molecule has 0 unspecified atom stereocenters. The standard InChI is InChI=1S/C17H15Cl2NO4/c1-11(24-13-5-3-2-4-6-13)17(22)23-10-16(21)20-15-9-12(18)7-8-14(15)19/h2-9,11H,10H2,1H3,(H,20,21)/t11-/m1/s1. The quantitative estimate of drug-likeness (QED) is 0.785. The number of esters is 1. The first-order valence-electron chi connectivity index (χ1n) is 7.09. The molecule has 126 valence electrons. The molecule has 2 aromatic rings. The molecule has 0 aliphatic carbocycles. The second-order valence-corrected chi connectivity index (χ2v) is 5.70. The van der Waals surface area contributed by atoms with Crippen molar-refractivity contribution in [1.29, 1.82) is 0 Å². The largest absolute Gasteiger partial charge is 0.479 e. The Morgan fingerprint density at radius 1 is 1.12 bits per heavy atom. The second-order valence-electron chi connectivity index (χ2n) is 4.85. The number of nitrogens with one attached hydrogen (secondary N) is 1. The molecule has 0 aromatic heterocycles. The Bertz CT molecular complexity index is 722. The van der Waals surface area contributed by atoms with E-state index >= 15 is 0 Å². The highest BCUT2D eigenvalue weighted by molar-refractivity contribution is 6.35. The first-order valence-corrected chi connectivity index (χ1v) is 7.84. The average Bonchev–Trinajstić information content (AvgIpc) is 2.57. The second kappa shape index (κ2) is 8.57. The summed E-state index contributed by atoms with van der Waals surface area (Å²) in [6.45, 7) is 1.09. The normalized spacial score (nSPS) is 11.5. The van der Waals surface area contributed by atoms with Gasteiger partial charge in [0.05, 0.1) is 10.7 Å². The fourth-order valence-corrected chi connectivity index (χ4v) is 2.12. The minimum Gasteiger partial charge on any atom is -0.479 e. The molecule has 0 fully saturated rings. The Morgan fingerprint density at radius 2 is 1.83 bits per heavy atom. The lowest BCUT2D eigenvalue weighted by molar-refractivity contribution is -0.153. The predicted octanol–water partition coefficient (Wildman–Crippen LogP) is 3.94. The van der Waals surface area contributed by atoms with Crippen molar-refractivity contribution >= 4 is 40.8 Å². The van der Waals surface area contributed by atoms with E-state index in [4.69, 9.17) is 32.7 Å². The Balaban J connectivity index is 1.82. The topological polar surface area (TPSA) is 64.6 Å². The molecule has 5 nitrogen and oxygen atoms in total. The third kappa shape index (κ3) is 5.44. The van der Waals surface area contributed by atoms with Crippen LogP contribution in [0.1, 0.15) is 6.92 Å². The third-order valence-electron chi connectivity index (χ3n) is 2.94. The number of carbonyl (C=O) groups excluding carboxylic acids is 2. The molecule has 1 amide bonds. The van der Waals surface area contributed by atoms with Crippen LogP contribution in [-0.2, 0) is 14.3 Å². The maximum Gasteiger partial charge on any atom is 0.347 e. The van der Waals surface area contributed by atoms with Crippen molar-refractivity contribution in [2.45, 2.75) is 13.0 Å². The van der Waals surface area contributed by atoms with Crippen LogP contribution in [0, 0.1) is 0 Å². The van der Waals surface area contributed by atoms with Gasteiger partial charge in [0.25, 0.3) is 5.91 Å². The Kier molecular flexibility index (Phi) is 6.46. The monoisotopic (exact) mass is 367 g/mol. The van der Waals surface area contributed by atoms with Crippen molar-refractivity contribution in [3.05, 3.63) is 58.6 Å². The molecule has 0 aliphatic heterocycles. The van der Waals surface area contributed by atoms with Crippen LogP contribution in [0.15, 0.2) is 48.5 Å². The van der Waals surface area contributed by atoms with Gasteiger partial charge in [0.1, 0.15) is 5.75 Å². The number of benzene rings is 2. The van der Waals surface area contributed by atoms with Gasteiger partial charge in [-0.25, -0.2) is 4.79 Å². The minimum absolute atomic E-state index is 0.333. The zero-order valence-corrected chi connectivity index (χ0v) is 14.3. The lowest BCUT2D eigenvalue weighted by atomic mass is 10.3. The molecule has 0 radical (unpaired) electrons. The summed E-state index contributed by atoms with van der Waals surface area (Å²) in [7, 11) is 0. The van der Waals surface area contributed by atoms with Gasteiger partial charge in [-0.1, -0.05) is 41.4 Å². The van der Waals surface area contributed by atoms with Gasteiger partial charge >= 0.3 is 5.97 Å². The van der Waals surface area contributed by atoms with E-state index in [1.807, 2.05) is 6.07 Å².